The highest BCUT2D eigenvalue weighted by atomic mass is 16.8. The van der Waals surface area contributed by atoms with Gasteiger partial charge in [-0.15, -0.1) is 0 Å². The summed E-state index contributed by atoms with van der Waals surface area (Å²) in [6.45, 7) is 9.55. The van der Waals surface area contributed by atoms with Crippen molar-refractivity contribution in [3.05, 3.63) is 0 Å². The first-order valence-corrected chi connectivity index (χ1v) is 24.6. The number of carbonyl (C=O) groups is 12. The molecule has 31 heteroatoms. The maximum Gasteiger partial charge on any atom is 0.303 e. The fourth-order valence-electron chi connectivity index (χ4n) is 8.87. The van der Waals surface area contributed by atoms with Gasteiger partial charge in [0.05, 0.1) is 6.61 Å². The number of hydrogen-bond donors (Lipinski definition) is 1. The van der Waals surface area contributed by atoms with Gasteiger partial charge in [-0.25, -0.2) is 0 Å². The van der Waals surface area contributed by atoms with Crippen LogP contribution in [0.15, 0.2) is 0 Å². The molecule has 0 saturated carbocycles. The van der Waals surface area contributed by atoms with E-state index >= 15 is 0 Å². The predicted octanol–water partition coefficient (Wildman–Crippen LogP) is -1.76. The number of rotatable bonds is 22. The number of ether oxygens (including phenoxy) is 18. The molecule has 31 nitrogen and oxygen atoms in total. The fraction of sp³-hybridized carbons (Fsp3) is 0.750. The van der Waals surface area contributed by atoms with Gasteiger partial charge in [0, 0.05) is 102 Å². The van der Waals surface area contributed by atoms with Gasteiger partial charge < -0.3 is 90.6 Å². The molecule has 0 aromatic rings. The lowest BCUT2D eigenvalue weighted by Gasteiger charge is -2.50. The number of piperidine rings is 1. The lowest BCUT2D eigenvalue weighted by atomic mass is 9.93. The summed E-state index contributed by atoms with van der Waals surface area (Å²) in [4.78, 5) is 152. The smallest absolute Gasteiger partial charge is 0.303 e. The van der Waals surface area contributed by atoms with Crippen LogP contribution in [0.3, 0.4) is 0 Å². The Hall–Kier alpha value is -6.64. The summed E-state index contributed by atoms with van der Waals surface area (Å²) in [6, 6.07) is 0. The Morgan fingerprint density at radius 2 is 0.570 bits per heavy atom. The molecular formula is C48H67NO30. The summed E-state index contributed by atoms with van der Waals surface area (Å²) < 4.78 is 105. The van der Waals surface area contributed by atoms with Crippen LogP contribution in [0, 0.1) is 5.92 Å². The van der Waals surface area contributed by atoms with Crippen LogP contribution in [0.4, 0.5) is 0 Å². The molecule has 444 valence electrons. The first-order valence-electron chi connectivity index (χ1n) is 24.6. The van der Waals surface area contributed by atoms with Crippen molar-refractivity contribution in [1.82, 2.24) is 5.32 Å². The highest BCUT2D eigenvalue weighted by Gasteiger charge is 2.60. The van der Waals surface area contributed by atoms with Crippen molar-refractivity contribution < 1.29 is 143 Å². The van der Waals surface area contributed by atoms with E-state index in [2.05, 4.69) is 5.32 Å². The van der Waals surface area contributed by atoms with Crippen molar-refractivity contribution in [2.24, 2.45) is 5.92 Å². The van der Waals surface area contributed by atoms with Gasteiger partial charge in [0.25, 0.3) is 0 Å². The molecule has 4 aliphatic heterocycles. The minimum Gasteiger partial charge on any atom is -0.465 e. The summed E-state index contributed by atoms with van der Waals surface area (Å²) >= 11 is 0. The Morgan fingerprint density at radius 3 is 0.886 bits per heavy atom. The van der Waals surface area contributed by atoms with E-state index < -0.39 is 202 Å². The minimum absolute atomic E-state index is 0.00521. The van der Waals surface area contributed by atoms with Gasteiger partial charge in [-0.2, -0.15) is 0 Å². The fourth-order valence-corrected chi connectivity index (χ4v) is 8.87. The summed E-state index contributed by atoms with van der Waals surface area (Å²) in [5, 5.41) is 3.05. The van der Waals surface area contributed by atoms with Crippen LogP contribution in [-0.4, -0.2) is 215 Å². The van der Waals surface area contributed by atoms with Gasteiger partial charge in [0.2, 0.25) is 0 Å². The summed E-state index contributed by atoms with van der Waals surface area (Å²) in [5.74, 6) is -12.1. The van der Waals surface area contributed by atoms with Crippen molar-refractivity contribution in [2.75, 3.05) is 39.5 Å². The first-order chi connectivity index (χ1) is 37.0. The maximum absolute atomic E-state index is 13.2. The molecule has 0 radical (unpaired) electrons. The molecule has 0 bridgehead atoms. The number of carbonyl (C=O) groups excluding carboxylic acids is 12. The molecule has 4 saturated heterocycles. The third-order valence-corrected chi connectivity index (χ3v) is 11.5. The number of esters is 12. The van der Waals surface area contributed by atoms with Crippen LogP contribution in [-0.2, 0) is 143 Å². The number of nitrogens with one attached hydrogen (secondary N) is 1. The largest absolute Gasteiger partial charge is 0.465 e. The predicted molar refractivity (Wildman–Crippen MR) is 248 cm³/mol. The standard InChI is InChI=1S/C48H67NO30/c1-19(50)62-15-31-13-49-14-32(66-23(5)54)36(31)77-46-44(72-29(11)60)41(69-26(8)57)38(34(75-46)17-64-21(3)52)79-48-45(73-30(12)61)42(70-27(9)58)39(35(76-48)18-65-22(4)53)78-47-43(71-28(10)59)40(68-25(7)56)37(67-24(6)55)33(74-47)16-63-20(2)51/h31-49H,13-18H2,1-12H3/t31-,32-,33-,34-,35-,36-,37-,38-,39-,40+,41+,42+,43-,44-,45-,46+,47+,48+/m1/s1. The van der Waals surface area contributed by atoms with Crippen molar-refractivity contribution in [1.29, 1.82) is 0 Å². The highest BCUT2D eigenvalue weighted by molar-refractivity contribution is 5.70. The molecule has 0 amide bonds. The van der Waals surface area contributed by atoms with E-state index in [1.54, 1.807) is 0 Å². The van der Waals surface area contributed by atoms with E-state index in [4.69, 9.17) is 85.3 Å². The van der Waals surface area contributed by atoms with E-state index in [9.17, 15) is 57.5 Å². The molecule has 0 aromatic heterocycles. The topological polar surface area (TPSA) is 383 Å². The quantitative estimate of drug-likeness (QED) is 0.0927. The molecule has 0 spiro atoms. The van der Waals surface area contributed by atoms with Gasteiger partial charge in [-0.3, -0.25) is 57.5 Å². The summed E-state index contributed by atoms with van der Waals surface area (Å²) in [6.07, 6.45) is -30.3. The second-order valence-corrected chi connectivity index (χ2v) is 18.2. The van der Waals surface area contributed by atoms with Gasteiger partial charge >= 0.3 is 71.6 Å². The van der Waals surface area contributed by atoms with E-state index in [0.29, 0.717) is 0 Å². The van der Waals surface area contributed by atoms with Crippen LogP contribution in [0.25, 0.3) is 0 Å². The average Bonchev–Trinajstić information content (AvgIpc) is 3.37. The van der Waals surface area contributed by atoms with Crippen LogP contribution in [0.2, 0.25) is 0 Å². The lowest BCUT2D eigenvalue weighted by molar-refractivity contribution is -0.383. The van der Waals surface area contributed by atoms with Crippen molar-refractivity contribution in [2.45, 2.75) is 187 Å². The SMILES string of the molecule is CC(=O)OC[C@H]1CNC[C@@H](OC(C)=O)[C@@H]1O[C@@H]1O[C@H](COC(C)=O)[C@@H](O[C@@H]2O[C@H](COC(C)=O)[C@@H](O[C@@H]3O[C@H](COC(C)=O)[C@@H](OC(C)=O)[C@H](OC(C)=O)[C@H]3OC(C)=O)[C@H](OC(C)=O)[C@H]2OC(C)=O)[C@H](OC(C)=O)[C@H]1OC(C)=O. The maximum atomic E-state index is 13.2. The normalized spacial score (nSPS) is 32.2. The van der Waals surface area contributed by atoms with Crippen LogP contribution < -0.4 is 5.32 Å². The lowest BCUT2D eigenvalue weighted by Crippen LogP contribution is -2.69. The van der Waals surface area contributed by atoms with E-state index in [0.717, 1.165) is 83.1 Å². The molecule has 4 aliphatic rings. The Morgan fingerprint density at radius 1 is 0.304 bits per heavy atom. The zero-order valence-corrected chi connectivity index (χ0v) is 45.4. The van der Waals surface area contributed by atoms with E-state index in [1.807, 2.05) is 0 Å². The Kier molecular flexibility index (Phi) is 24.7. The van der Waals surface area contributed by atoms with Gasteiger partial charge in [-0.1, -0.05) is 0 Å². The van der Waals surface area contributed by atoms with Crippen LogP contribution in [0.1, 0.15) is 83.1 Å². The van der Waals surface area contributed by atoms with Gasteiger partial charge in [-0.05, 0) is 0 Å². The molecule has 0 unspecified atom stereocenters. The van der Waals surface area contributed by atoms with Crippen molar-refractivity contribution in [3.8, 4) is 0 Å². The third kappa shape index (κ3) is 19.9. The molecule has 18 atom stereocenters. The zero-order chi connectivity index (χ0) is 59.0. The van der Waals surface area contributed by atoms with Crippen LogP contribution >= 0.6 is 0 Å². The zero-order valence-electron chi connectivity index (χ0n) is 45.4. The monoisotopic (exact) mass is 1140 g/mol. The molecule has 4 heterocycles. The average molecular weight is 1140 g/mol. The summed E-state index contributed by atoms with van der Waals surface area (Å²) in [5.41, 5.74) is 0. The molecule has 0 aliphatic carbocycles. The Balaban J connectivity index is 1.93. The van der Waals surface area contributed by atoms with Crippen LogP contribution in [0.5, 0.6) is 0 Å². The number of hydrogen-bond acceptors (Lipinski definition) is 31. The highest BCUT2D eigenvalue weighted by Crippen LogP contribution is 2.39. The Labute approximate surface area is 451 Å². The van der Waals surface area contributed by atoms with Crippen molar-refractivity contribution >= 4 is 71.6 Å². The van der Waals surface area contributed by atoms with E-state index in [-0.39, 0.29) is 19.7 Å². The van der Waals surface area contributed by atoms with Crippen molar-refractivity contribution in [3.63, 3.8) is 0 Å². The van der Waals surface area contributed by atoms with E-state index in [1.165, 1.54) is 0 Å². The minimum atomic E-state index is -2.11. The first kappa shape index (κ1) is 64.9. The summed E-state index contributed by atoms with van der Waals surface area (Å²) in [7, 11) is 0. The molecule has 1 N–H and O–H groups in total. The Bertz CT molecular complexity index is 2220. The molecule has 79 heavy (non-hydrogen) atoms. The molecular weight excluding hydrogens is 1070 g/mol. The van der Waals surface area contributed by atoms with Gasteiger partial charge in [0.1, 0.15) is 62.5 Å². The molecule has 4 fully saturated rings. The molecule has 4 rings (SSSR count). The molecule has 0 aromatic carbocycles. The second kappa shape index (κ2) is 30.1. The second-order valence-electron chi connectivity index (χ2n) is 18.2. The van der Waals surface area contributed by atoms with Gasteiger partial charge in [0.15, 0.2) is 61.6 Å². The third-order valence-electron chi connectivity index (χ3n) is 11.5.